The summed E-state index contributed by atoms with van der Waals surface area (Å²) < 4.78 is 18.6. The Morgan fingerprint density at radius 2 is 2.05 bits per heavy atom. The Morgan fingerprint density at radius 3 is 2.59 bits per heavy atom. The van der Waals surface area contributed by atoms with Crippen LogP contribution in [0.2, 0.25) is 0 Å². The fraction of sp³-hybridized carbons (Fsp3) is 0.385. The van der Waals surface area contributed by atoms with Crippen LogP contribution in [0.15, 0.2) is 12.1 Å². The third-order valence-electron chi connectivity index (χ3n) is 2.71. The molecule has 0 aliphatic heterocycles. The van der Waals surface area contributed by atoms with E-state index in [0.29, 0.717) is 19.3 Å². The van der Waals surface area contributed by atoms with E-state index in [2.05, 4.69) is 0 Å². The molecule has 0 bridgehead atoms. The molecule has 9 heteroatoms. The molecule has 0 unspecified atom stereocenters. The molecular formula is C13H15ClFNO6. The summed E-state index contributed by atoms with van der Waals surface area (Å²) in [6.07, 6.45) is 1.69. The Morgan fingerprint density at radius 1 is 1.36 bits per heavy atom. The maximum atomic E-state index is 13.6. The molecule has 0 heterocycles. The van der Waals surface area contributed by atoms with Crippen LogP contribution in [0.1, 0.15) is 36.0 Å². The van der Waals surface area contributed by atoms with Gasteiger partial charge in [0.05, 0.1) is 17.1 Å². The van der Waals surface area contributed by atoms with Crippen LogP contribution in [0.3, 0.4) is 0 Å². The third kappa shape index (κ3) is 5.65. The van der Waals surface area contributed by atoms with Crippen molar-refractivity contribution >= 4 is 30.3 Å². The number of carbonyl (C=O) groups excluding carboxylic acids is 1. The molecule has 0 saturated carbocycles. The van der Waals surface area contributed by atoms with Gasteiger partial charge < -0.3 is 9.84 Å². The minimum absolute atomic E-state index is 0. The maximum Gasteiger partial charge on any atom is 0.324 e. The van der Waals surface area contributed by atoms with Crippen molar-refractivity contribution in [2.45, 2.75) is 25.7 Å². The molecule has 0 spiro atoms. The summed E-state index contributed by atoms with van der Waals surface area (Å²) >= 11 is 0. The standard InChI is InChI=1S/C13H14FNO6.ClH/c14-10-6-5-9(8-16)12(15(19)20)13(10)21-7-3-1-2-4-11(17)18;/h5-6,8H,1-4,7H2,(H,17,18);1H. The smallest absolute Gasteiger partial charge is 0.324 e. The van der Waals surface area contributed by atoms with Crippen LogP contribution < -0.4 is 4.74 Å². The number of nitrogens with zero attached hydrogens (tertiary/aromatic N) is 1. The van der Waals surface area contributed by atoms with E-state index >= 15 is 0 Å². The van der Waals surface area contributed by atoms with Gasteiger partial charge in [-0.1, -0.05) is 0 Å². The molecule has 0 fully saturated rings. The number of ether oxygens (including phenoxy) is 1. The average Bonchev–Trinajstić information content (AvgIpc) is 2.43. The van der Waals surface area contributed by atoms with Gasteiger partial charge in [-0.05, 0) is 31.4 Å². The zero-order valence-electron chi connectivity index (χ0n) is 11.5. The van der Waals surface area contributed by atoms with Crippen molar-refractivity contribution in [2.75, 3.05) is 6.61 Å². The molecule has 0 saturated heterocycles. The molecule has 122 valence electrons. The number of carboxylic acid groups (broad SMARTS) is 1. The summed E-state index contributed by atoms with van der Waals surface area (Å²) in [6, 6.07) is 1.94. The minimum atomic E-state index is -0.919. The topological polar surface area (TPSA) is 107 Å². The number of hydrogen-bond acceptors (Lipinski definition) is 5. The van der Waals surface area contributed by atoms with Crippen LogP contribution in [0.4, 0.5) is 10.1 Å². The van der Waals surface area contributed by atoms with Gasteiger partial charge in [0.15, 0.2) is 12.1 Å². The van der Waals surface area contributed by atoms with Crippen molar-refractivity contribution in [1.29, 1.82) is 0 Å². The first kappa shape index (κ1) is 19.8. The van der Waals surface area contributed by atoms with E-state index in [-0.39, 0.29) is 37.3 Å². The molecule has 0 amide bonds. The Hall–Kier alpha value is -2.22. The molecule has 1 aromatic rings. The van der Waals surface area contributed by atoms with E-state index in [9.17, 15) is 24.1 Å². The van der Waals surface area contributed by atoms with Crippen LogP contribution in [-0.4, -0.2) is 28.9 Å². The quantitative estimate of drug-likeness (QED) is 0.322. The molecule has 22 heavy (non-hydrogen) atoms. The first-order valence-electron chi connectivity index (χ1n) is 6.24. The van der Waals surface area contributed by atoms with Gasteiger partial charge in [0.1, 0.15) is 0 Å². The summed E-state index contributed by atoms with van der Waals surface area (Å²) in [6.45, 7) is -0.000308. The number of benzene rings is 1. The fourth-order valence-electron chi connectivity index (χ4n) is 1.71. The van der Waals surface area contributed by atoms with Crippen molar-refractivity contribution < 1.29 is 28.7 Å². The van der Waals surface area contributed by atoms with Crippen LogP contribution in [-0.2, 0) is 4.79 Å². The highest BCUT2D eigenvalue weighted by Gasteiger charge is 2.24. The van der Waals surface area contributed by atoms with Crippen molar-refractivity contribution in [3.05, 3.63) is 33.6 Å². The number of nitro groups is 1. The Balaban J connectivity index is 0.00000441. The molecular weight excluding hydrogens is 321 g/mol. The van der Waals surface area contributed by atoms with Crippen molar-refractivity contribution in [2.24, 2.45) is 0 Å². The van der Waals surface area contributed by atoms with Crippen LogP contribution in [0, 0.1) is 15.9 Å². The van der Waals surface area contributed by atoms with Crippen molar-refractivity contribution in [3.8, 4) is 5.75 Å². The van der Waals surface area contributed by atoms with Gasteiger partial charge >= 0.3 is 11.7 Å². The molecule has 0 aliphatic rings. The normalized spacial score (nSPS) is 9.68. The lowest BCUT2D eigenvalue weighted by Gasteiger charge is -2.08. The summed E-state index contributed by atoms with van der Waals surface area (Å²) in [5.74, 6) is -2.39. The van der Waals surface area contributed by atoms with E-state index < -0.39 is 28.1 Å². The van der Waals surface area contributed by atoms with Crippen LogP contribution in [0.5, 0.6) is 5.75 Å². The number of rotatable bonds is 9. The maximum absolute atomic E-state index is 13.6. The number of halogens is 2. The number of aldehydes is 1. The monoisotopic (exact) mass is 335 g/mol. The van der Waals surface area contributed by atoms with Gasteiger partial charge in [0.2, 0.25) is 5.75 Å². The lowest BCUT2D eigenvalue weighted by Crippen LogP contribution is -2.05. The molecule has 0 radical (unpaired) electrons. The molecule has 1 rings (SSSR count). The number of carboxylic acids is 1. The minimum Gasteiger partial charge on any atom is -0.485 e. The number of nitro benzene ring substituents is 1. The third-order valence-corrected chi connectivity index (χ3v) is 2.71. The summed E-state index contributed by atoms with van der Waals surface area (Å²) in [5.41, 5.74) is -0.960. The van der Waals surface area contributed by atoms with Gasteiger partial charge in [-0.15, -0.1) is 12.4 Å². The van der Waals surface area contributed by atoms with E-state index in [0.717, 1.165) is 12.1 Å². The van der Waals surface area contributed by atoms with Gasteiger partial charge in [-0.3, -0.25) is 19.7 Å². The molecule has 0 aromatic heterocycles. The number of carbonyl (C=O) groups is 2. The van der Waals surface area contributed by atoms with Gasteiger partial charge in [0.25, 0.3) is 0 Å². The second kappa shape index (κ2) is 9.67. The molecule has 7 nitrogen and oxygen atoms in total. The second-order valence-corrected chi connectivity index (χ2v) is 4.24. The Labute approximate surface area is 131 Å². The zero-order chi connectivity index (χ0) is 15.8. The number of aliphatic carboxylic acids is 1. The van der Waals surface area contributed by atoms with Crippen molar-refractivity contribution in [3.63, 3.8) is 0 Å². The predicted molar refractivity (Wildman–Crippen MR) is 77.3 cm³/mol. The molecule has 0 atom stereocenters. The van der Waals surface area contributed by atoms with Crippen LogP contribution >= 0.6 is 12.4 Å². The first-order chi connectivity index (χ1) is 9.97. The fourth-order valence-corrected chi connectivity index (χ4v) is 1.71. The summed E-state index contributed by atoms with van der Waals surface area (Å²) in [7, 11) is 0. The van der Waals surface area contributed by atoms with Gasteiger partial charge in [0, 0.05) is 6.42 Å². The molecule has 1 N–H and O–H groups in total. The lowest BCUT2D eigenvalue weighted by atomic mass is 10.1. The highest BCUT2D eigenvalue weighted by Crippen LogP contribution is 2.33. The highest BCUT2D eigenvalue weighted by molar-refractivity contribution is 5.85. The van der Waals surface area contributed by atoms with E-state index in [1.54, 1.807) is 0 Å². The average molecular weight is 336 g/mol. The van der Waals surface area contributed by atoms with E-state index in [1.165, 1.54) is 0 Å². The van der Waals surface area contributed by atoms with E-state index in [4.69, 9.17) is 9.84 Å². The Bertz CT molecular complexity index is 552. The first-order valence-corrected chi connectivity index (χ1v) is 6.24. The highest BCUT2D eigenvalue weighted by atomic mass is 35.5. The van der Waals surface area contributed by atoms with Gasteiger partial charge in [-0.2, -0.15) is 0 Å². The van der Waals surface area contributed by atoms with Gasteiger partial charge in [-0.25, -0.2) is 4.39 Å². The predicted octanol–water partition coefficient (Wildman–Crippen LogP) is 2.99. The summed E-state index contributed by atoms with van der Waals surface area (Å²) in [5, 5.41) is 19.3. The SMILES string of the molecule is Cl.O=Cc1ccc(F)c(OCCCCCC(=O)O)c1[N+](=O)[O-]. The van der Waals surface area contributed by atoms with Crippen molar-refractivity contribution in [1.82, 2.24) is 0 Å². The Kier molecular flexibility index (Phi) is 8.69. The molecule has 0 aliphatic carbocycles. The zero-order valence-corrected chi connectivity index (χ0v) is 12.3. The summed E-state index contributed by atoms with van der Waals surface area (Å²) in [4.78, 5) is 31.1. The largest absolute Gasteiger partial charge is 0.485 e. The number of hydrogen-bond donors (Lipinski definition) is 1. The number of unbranched alkanes of at least 4 members (excludes halogenated alkanes) is 2. The second-order valence-electron chi connectivity index (χ2n) is 4.24. The van der Waals surface area contributed by atoms with E-state index in [1.807, 2.05) is 0 Å². The van der Waals surface area contributed by atoms with Crippen LogP contribution in [0.25, 0.3) is 0 Å². The molecule has 1 aromatic carbocycles. The lowest BCUT2D eigenvalue weighted by molar-refractivity contribution is -0.386.